The van der Waals surface area contributed by atoms with E-state index in [1.807, 2.05) is 12.1 Å². The van der Waals surface area contributed by atoms with Gasteiger partial charge in [0.15, 0.2) is 0 Å². The fourth-order valence-corrected chi connectivity index (χ4v) is 0.789. The molecule has 62 valence electrons. The van der Waals surface area contributed by atoms with Crippen molar-refractivity contribution in [2.45, 2.75) is 0 Å². The highest BCUT2D eigenvalue weighted by molar-refractivity contribution is 6.19. The van der Waals surface area contributed by atoms with Crippen LogP contribution >= 0.6 is 11.6 Å². The molecule has 0 N–H and O–H groups in total. The van der Waals surface area contributed by atoms with Crippen molar-refractivity contribution in [3.63, 3.8) is 0 Å². The molecule has 2 nitrogen and oxygen atoms in total. The van der Waals surface area contributed by atoms with Gasteiger partial charge in [-0.25, -0.2) is 4.98 Å². The Morgan fingerprint density at radius 2 is 2.42 bits per heavy atom. The van der Waals surface area contributed by atoms with E-state index in [-0.39, 0.29) is 0 Å². The van der Waals surface area contributed by atoms with Crippen LogP contribution in [-0.2, 0) is 0 Å². The lowest BCUT2D eigenvalue weighted by Crippen LogP contribution is -1.88. The van der Waals surface area contributed by atoms with Crippen molar-refractivity contribution in [2.24, 2.45) is 0 Å². The number of rotatable bonds is 1. The molecule has 0 atom stereocenters. The van der Waals surface area contributed by atoms with Crippen LogP contribution < -0.4 is 4.74 Å². The molecule has 0 aliphatic rings. The Morgan fingerprint density at radius 3 is 3.08 bits per heavy atom. The summed E-state index contributed by atoms with van der Waals surface area (Å²) in [6, 6.07) is 5.41. The number of halogens is 1. The molecule has 0 radical (unpaired) electrons. The van der Waals surface area contributed by atoms with Crippen molar-refractivity contribution in [3.05, 3.63) is 23.9 Å². The molecule has 3 heteroatoms. The van der Waals surface area contributed by atoms with E-state index < -0.39 is 0 Å². The molecule has 1 aromatic rings. The predicted molar refractivity (Wildman–Crippen MR) is 48.4 cm³/mol. The minimum atomic E-state index is 0.318. The van der Waals surface area contributed by atoms with Gasteiger partial charge in [-0.3, -0.25) is 0 Å². The van der Waals surface area contributed by atoms with Crippen LogP contribution in [0.3, 0.4) is 0 Å². The Balaban J connectivity index is 2.86. The van der Waals surface area contributed by atoms with E-state index in [2.05, 4.69) is 16.8 Å². The predicted octanol–water partition coefficient (Wildman–Crippen LogP) is 1.68. The Bertz CT molecular complexity index is 314. The van der Waals surface area contributed by atoms with Crippen molar-refractivity contribution < 1.29 is 4.74 Å². The highest BCUT2D eigenvalue weighted by Gasteiger charge is 1.91. The molecule has 0 aromatic carbocycles. The summed E-state index contributed by atoms with van der Waals surface area (Å²) < 4.78 is 4.92. The van der Waals surface area contributed by atoms with Gasteiger partial charge in [0.05, 0.1) is 13.0 Å². The number of hydrogen-bond acceptors (Lipinski definition) is 2. The van der Waals surface area contributed by atoms with Gasteiger partial charge in [0.1, 0.15) is 5.69 Å². The molecule has 0 aliphatic heterocycles. The van der Waals surface area contributed by atoms with Crippen molar-refractivity contribution >= 4 is 11.6 Å². The normalized spacial score (nSPS) is 8.50. The molecule has 0 spiro atoms. The number of hydrogen-bond donors (Lipinski definition) is 0. The van der Waals surface area contributed by atoms with Crippen LogP contribution in [0, 0.1) is 11.8 Å². The second kappa shape index (κ2) is 4.63. The number of alkyl halides is 1. The summed E-state index contributed by atoms with van der Waals surface area (Å²) in [6.45, 7) is 0. The number of pyridine rings is 1. The summed E-state index contributed by atoms with van der Waals surface area (Å²) in [7, 11) is 1.57. The van der Waals surface area contributed by atoms with Crippen LogP contribution in [0.1, 0.15) is 5.69 Å². The first kappa shape index (κ1) is 8.89. The molecule has 12 heavy (non-hydrogen) atoms. The third-order valence-electron chi connectivity index (χ3n) is 1.22. The van der Waals surface area contributed by atoms with Gasteiger partial charge >= 0.3 is 0 Å². The first-order valence-corrected chi connectivity index (χ1v) is 3.96. The number of nitrogens with zero attached hydrogens (tertiary/aromatic N) is 1. The van der Waals surface area contributed by atoms with Crippen LogP contribution in [0.5, 0.6) is 5.88 Å². The minimum Gasteiger partial charge on any atom is -0.481 e. The molecule has 0 unspecified atom stereocenters. The van der Waals surface area contributed by atoms with Crippen LogP contribution in [0.15, 0.2) is 18.2 Å². The van der Waals surface area contributed by atoms with Gasteiger partial charge < -0.3 is 4.74 Å². The van der Waals surface area contributed by atoms with Crippen molar-refractivity contribution in [3.8, 4) is 17.7 Å². The summed E-state index contributed by atoms with van der Waals surface area (Å²) in [5, 5.41) is 0. The SMILES string of the molecule is COc1cccc(C#CCCl)n1. The van der Waals surface area contributed by atoms with E-state index in [1.54, 1.807) is 13.2 Å². The monoisotopic (exact) mass is 181 g/mol. The Morgan fingerprint density at radius 1 is 1.58 bits per heavy atom. The standard InChI is InChI=1S/C9H8ClNO/c1-12-9-6-2-4-8(11-9)5-3-7-10/h2,4,6H,7H2,1H3. The number of methoxy groups -OCH3 is 1. The first-order valence-electron chi connectivity index (χ1n) is 3.42. The first-order chi connectivity index (χ1) is 5.86. The van der Waals surface area contributed by atoms with E-state index in [0.717, 1.165) is 0 Å². The molecule has 1 rings (SSSR count). The van der Waals surface area contributed by atoms with E-state index >= 15 is 0 Å². The molecule has 1 aromatic heterocycles. The summed E-state index contributed by atoms with van der Waals surface area (Å²) in [5.74, 6) is 6.39. The largest absolute Gasteiger partial charge is 0.481 e. The number of aromatic nitrogens is 1. The number of ether oxygens (including phenoxy) is 1. The Labute approximate surface area is 76.5 Å². The van der Waals surface area contributed by atoms with Crippen LogP contribution in [0.2, 0.25) is 0 Å². The smallest absolute Gasteiger partial charge is 0.214 e. The van der Waals surface area contributed by atoms with Gasteiger partial charge in [-0.05, 0) is 12.0 Å². The molecule has 0 aliphatic carbocycles. The molecule has 0 bridgehead atoms. The van der Waals surface area contributed by atoms with Gasteiger partial charge in [-0.15, -0.1) is 11.6 Å². The quantitative estimate of drug-likeness (QED) is 0.486. The third-order valence-corrected chi connectivity index (χ3v) is 1.35. The molecule has 0 amide bonds. The fraction of sp³-hybridized carbons (Fsp3) is 0.222. The maximum atomic E-state index is 5.39. The van der Waals surface area contributed by atoms with E-state index in [0.29, 0.717) is 17.5 Å². The van der Waals surface area contributed by atoms with Crippen molar-refractivity contribution in [1.29, 1.82) is 0 Å². The topological polar surface area (TPSA) is 22.1 Å². The lowest BCUT2D eigenvalue weighted by molar-refractivity contribution is 0.397. The van der Waals surface area contributed by atoms with Gasteiger partial charge in [0, 0.05) is 6.07 Å². The molecule has 1 heterocycles. The van der Waals surface area contributed by atoms with Gasteiger partial charge in [0.25, 0.3) is 0 Å². The van der Waals surface area contributed by atoms with E-state index in [4.69, 9.17) is 16.3 Å². The van der Waals surface area contributed by atoms with Crippen LogP contribution in [0.4, 0.5) is 0 Å². The zero-order chi connectivity index (χ0) is 8.81. The second-order valence-corrected chi connectivity index (χ2v) is 2.27. The zero-order valence-corrected chi connectivity index (χ0v) is 7.43. The Kier molecular flexibility index (Phi) is 3.43. The molecule has 0 fully saturated rings. The highest BCUT2D eigenvalue weighted by atomic mass is 35.5. The maximum absolute atomic E-state index is 5.39. The summed E-state index contributed by atoms with van der Waals surface area (Å²) >= 11 is 5.39. The maximum Gasteiger partial charge on any atom is 0.214 e. The third kappa shape index (κ3) is 2.44. The lowest BCUT2D eigenvalue weighted by Gasteiger charge is -1.96. The summed E-state index contributed by atoms with van der Waals surface area (Å²) in [4.78, 5) is 4.07. The van der Waals surface area contributed by atoms with E-state index in [1.165, 1.54) is 0 Å². The Hall–Kier alpha value is -1.20. The second-order valence-electron chi connectivity index (χ2n) is 2.00. The lowest BCUT2D eigenvalue weighted by atomic mass is 10.3. The molecule has 0 saturated carbocycles. The highest BCUT2D eigenvalue weighted by Crippen LogP contribution is 2.04. The minimum absolute atomic E-state index is 0.318. The summed E-state index contributed by atoms with van der Waals surface area (Å²) in [5.41, 5.74) is 0.676. The van der Waals surface area contributed by atoms with Gasteiger partial charge in [-0.1, -0.05) is 12.0 Å². The van der Waals surface area contributed by atoms with Gasteiger partial charge in [0.2, 0.25) is 5.88 Å². The average Bonchev–Trinajstić information content (AvgIpc) is 2.15. The average molecular weight is 182 g/mol. The van der Waals surface area contributed by atoms with Crippen molar-refractivity contribution in [1.82, 2.24) is 4.98 Å². The zero-order valence-electron chi connectivity index (χ0n) is 6.67. The van der Waals surface area contributed by atoms with E-state index in [9.17, 15) is 0 Å². The van der Waals surface area contributed by atoms with Crippen LogP contribution in [-0.4, -0.2) is 18.0 Å². The van der Waals surface area contributed by atoms with Crippen molar-refractivity contribution in [2.75, 3.05) is 13.0 Å². The molecular formula is C9H8ClNO. The fourth-order valence-electron chi connectivity index (χ4n) is 0.722. The van der Waals surface area contributed by atoms with Gasteiger partial charge in [-0.2, -0.15) is 0 Å². The molecule has 0 saturated heterocycles. The summed E-state index contributed by atoms with van der Waals surface area (Å²) in [6.07, 6.45) is 0. The van der Waals surface area contributed by atoms with Crippen LogP contribution in [0.25, 0.3) is 0 Å². The molecular weight excluding hydrogens is 174 g/mol.